The van der Waals surface area contributed by atoms with Gasteiger partial charge in [0.15, 0.2) is 0 Å². The first-order valence-electron chi connectivity index (χ1n) is 8.82. The molecule has 1 heterocycles. The minimum Gasteiger partial charge on any atom is -0.497 e. The van der Waals surface area contributed by atoms with Crippen LogP contribution in [0.3, 0.4) is 0 Å². The highest BCUT2D eigenvalue weighted by Gasteiger charge is 2.10. The average molecular weight is 431 g/mol. The summed E-state index contributed by atoms with van der Waals surface area (Å²) < 4.78 is 16.7. The number of ether oxygens (including phenoxy) is 3. The lowest BCUT2D eigenvalue weighted by molar-refractivity contribution is -0.115. The summed E-state index contributed by atoms with van der Waals surface area (Å²) in [5, 5.41) is 4.78. The second kappa shape index (κ2) is 10.2. The first-order valence-corrected chi connectivity index (χ1v) is 10.7. The number of hydrogen-bond acceptors (Lipinski definition) is 7. The summed E-state index contributed by atoms with van der Waals surface area (Å²) >= 11 is 3.15. The Morgan fingerprint density at radius 2 is 1.76 bits per heavy atom. The van der Waals surface area contributed by atoms with E-state index in [2.05, 4.69) is 10.3 Å². The molecular formula is C21H22N2O4S2. The Morgan fingerprint density at radius 1 is 1.03 bits per heavy atom. The summed E-state index contributed by atoms with van der Waals surface area (Å²) in [5.74, 6) is 2.83. The molecule has 1 amide bonds. The lowest BCUT2D eigenvalue weighted by Crippen LogP contribution is -2.14. The van der Waals surface area contributed by atoms with Crippen LogP contribution in [-0.4, -0.2) is 32.2 Å². The Balaban J connectivity index is 1.56. The molecule has 29 heavy (non-hydrogen) atoms. The van der Waals surface area contributed by atoms with E-state index >= 15 is 0 Å². The van der Waals surface area contributed by atoms with Crippen molar-refractivity contribution in [2.75, 3.05) is 26.6 Å². The third-order valence-corrected chi connectivity index (χ3v) is 6.14. The maximum absolute atomic E-state index is 12.3. The smallest absolute Gasteiger partial charge is 0.230 e. The molecule has 0 aliphatic carbocycles. The Hall–Kier alpha value is -2.71. The normalized spacial score (nSPS) is 10.4. The van der Waals surface area contributed by atoms with Crippen molar-refractivity contribution in [3.05, 3.63) is 59.1 Å². The van der Waals surface area contributed by atoms with Crippen molar-refractivity contribution in [3.63, 3.8) is 0 Å². The van der Waals surface area contributed by atoms with Crippen molar-refractivity contribution in [2.45, 2.75) is 16.5 Å². The number of nitrogens with one attached hydrogen (secondary N) is 1. The number of benzene rings is 2. The van der Waals surface area contributed by atoms with Crippen LogP contribution < -0.4 is 19.5 Å². The Bertz CT molecular complexity index is 953. The van der Waals surface area contributed by atoms with Crippen LogP contribution in [0.5, 0.6) is 17.2 Å². The van der Waals surface area contributed by atoms with Gasteiger partial charge in [0.1, 0.15) is 21.6 Å². The first-order chi connectivity index (χ1) is 14.1. The molecule has 0 bridgehead atoms. The fourth-order valence-corrected chi connectivity index (χ4v) is 4.38. The first kappa shape index (κ1) is 21.0. The van der Waals surface area contributed by atoms with E-state index in [-0.39, 0.29) is 12.3 Å². The van der Waals surface area contributed by atoms with Crippen LogP contribution in [0.25, 0.3) is 0 Å². The van der Waals surface area contributed by atoms with E-state index in [4.69, 9.17) is 14.2 Å². The summed E-state index contributed by atoms with van der Waals surface area (Å²) in [6.07, 6.45) is 0.223. The number of carbonyl (C=O) groups is 1. The molecule has 0 spiro atoms. The van der Waals surface area contributed by atoms with E-state index in [1.165, 1.54) is 11.3 Å². The number of carbonyl (C=O) groups excluding carboxylic acids is 1. The molecule has 0 radical (unpaired) electrons. The largest absolute Gasteiger partial charge is 0.497 e. The Labute approximate surface area is 178 Å². The molecule has 0 aliphatic heterocycles. The maximum Gasteiger partial charge on any atom is 0.230 e. The van der Waals surface area contributed by atoms with Crippen LogP contribution in [0.4, 0.5) is 5.69 Å². The third kappa shape index (κ3) is 6.13. The molecule has 0 atom stereocenters. The van der Waals surface area contributed by atoms with E-state index in [1.807, 2.05) is 41.8 Å². The summed E-state index contributed by atoms with van der Waals surface area (Å²) in [7, 11) is 4.86. The van der Waals surface area contributed by atoms with Crippen molar-refractivity contribution in [2.24, 2.45) is 0 Å². The standard InChI is InChI=1S/C21H22N2O4S2/c1-25-17-6-4-5-15(9-17)22-20(24)10-16-13-29-21(23-16)28-12-14-7-18(26-2)11-19(8-14)27-3/h4-9,11,13H,10,12H2,1-3H3,(H,22,24). The number of methoxy groups -OCH3 is 3. The molecule has 0 aliphatic rings. The molecule has 0 fully saturated rings. The highest BCUT2D eigenvalue weighted by atomic mass is 32.2. The minimum atomic E-state index is -0.113. The van der Waals surface area contributed by atoms with Crippen LogP contribution >= 0.6 is 23.1 Å². The van der Waals surface area contributed by atoms with Crippen molar-refractivity contribution in [1.82, 2.24) is 4.98 Å². The van der Waals surface area contributed by atoms with Gasteiger partial charge in [-0.15, -0.1) is 11.3 Å². The van der Waals surface area contributed by atoms with Crippen LogP contribution in [0.15, 0.2) is 52.2 Å². The summed E-state index contributed by atoms with van der Waals surface area (Å²) in [5.41, 5.74) is 2.53. The minimum absolute atomic E-state index is 0.113. The molecule has 0 unspecified atom stereocenters. The van der Waals surface area contributed by atoms with Gasteiger partial charge < -0.3 is 19.5 Å². The molecule has 152 valence electrons. The zero-order valence-electron chi connectivity index (χ0n) is 16.4. The molecule has 3 aromatic rings. The molecule has 2 aromatic carbocycles. The number of anilines is 1. The van der Waals surface area contributed by atoms with Crippen molar-refractivity contribution in [3.8, 4) is 17.2 Å². The molecular weight excluding hydrogens is 408 g/mol. The van der Waals surface area contributed by atoms with Crippen molar-refractivity contribution in [1.29, 1.82) is 0 Å². The van der Waals surface area contributed by atoms with Gasteiger partial charge in [0.05, 0.1) is 33.4 Å². The number of nitrogens with zero attached hydrogens (tertiary/aromatic N) is 1. The molecule has 1 N–H and O–H groups in total. The van der Waals surface area contributed by atoms with Crippen molar-refractivity contribution < 1.29 is 19.0 Å². The number of aromatic nitrogens is 1. The van der Waals surface area contributed by atoms with Crippen LogP contribution in [-0.2, 0) is 17.0 Å². The van der Waals surface area contributed by atoms with Crippen LogP contribution in [0, 0.1) is 0 Å². The lowest BCUT2D eigenvalue weighted by atomic mass is 10.2. The molecule has 1 aromatic heterocycles. The van der Waals surface area contributed by atoms with E-state index < -0.39 is 0 Å². The van der Waals surface area contributed by atoms with Gasteiger partial charge in [-0.3, -0.25) is 4.79 Å². The van der Waals surface area contributed by atoms with Gasteiger partial charge in [0, 0.05) is 29.0 Å². The number of hydrogen-bond donors (Lipinski definition) is 1. The van der Waals surface area contributed by atoms with Gasteiger partial charge in [-0.05, 0) is 29.8 Å². The van der Waals surface area contributed by atoms with Gasteiger partial charge >= 0.3 is 0 Å². The molecule has 0 saturated carbocycles. The Kier molecular flexibility index (Phi) is 7.37. The fraction of sp³-hybridized carbons (Fsp3) is 0.238. The third-order valence-electron chi connectivity index (χ3n) is 4.00. The topological polar surface area (TPSA) is 69.7 Å². The summed E-state index contributed by atoms with van der Waals surface area (Å²) in [6, 6.07) is 13.1. The predicted octanol–water partition coefficient (Wildman–Crippen LogP) is 4.64. The van der Waals surface area contributed by atoms with Gasteiger partial charge in [-0.2, -0.15) is 0 Å². The number of amides is 1. The molecule has 3 rings (SSSR count). The number of thiazole rings is 1. The quantitative estimate of drug-likeness (QED) is 0.499. The highest BCUT2D eigenvalue weighted by Crippen LogP contribution is 2.30. The zero-order chi connectivity index (χ0) is 20.6. The predicted molar refractivity (Wildman–Crippen MR) is 117 cm³/mol. The summed E-state index contributed by atoms with van der Waals surface area (Å²) in [4.78, 5) is 16.8. The SMILES string of the molecule is COc1cccc(NC(=O)Cc2csc(SCc3cc(OC)cc(OC)c3)n2)c1. The Morgan fingerprint density at radius 3 is 2.45 bits per heavy atom. The van der Waals surface area contributed by atoms with Gasteiger partial charge in [-0.1, -0.05) is 17.8 Å². The maximum atomic E-state index is 12.3. The second-order valence-electron chi connectivity index (χ2n) is 6.07. The lowest BCUT2D eigenvalue weighted by Gasteiger charge is -2.07. The van der Waals surface area contributed by atoms with E-state index in [0.29, 0.717) is 11.4 Å². The average Bonchev–Trinajstić information content (AvgIpc) is 3.19. The van der Waals surface area contributed by atoms with Gasteiger partial charge in [-0.25, -0.2) is 4.98 Å². The van der Waals surface area contributed by atoms with E-state index in [0.717, 1.165) is 32.8 Å². The highest BCUT2D eigenvalue weighted by molar-refractivity contribution is 8.00. The fourth-order valence-electron chi connectivity index (χ4n) is 2.60. The van der Waals surface area contributed by atoms with Crippen LogP contribution in [0.1, 0.15) is 11.3 Å². The molecule has 6 nitrogen and oxygen atoms in total. The zero-order valence-corrected chi connectivity index (χ0v) is 18.1. The number of thioether (sulfide) groups is 1. The monoisotopic (exact) mass is 430 g/mol. The van der Waals surface area contributed by atoms with E-state index in [9.17, 15) is 4.79 Å². The molecule has 8 heteroatoms. The number of rotatable bonds is 9. The van der Waals surface area contributed by atoms with E-state index in [1.54, 1.807) is 39.2 Å². The molecule has 0 saturated heterocycles. The second-order valence-corrected chi connectivity index (χ2v) is 8.15. The van der Waals surface area contributed by atoms with Gasteiger partial charge in [0.25, 0.3) is 0 Å². The van der Waals surface area contributed by atoms with Gasteiger partial charge in [0.2, 0.25) is 5.91 Å². The van der Waals surface area contributed by atoms with Crippen LogP contribution in [0.2, 0.25) is 0 Å². The van der Waals surface area contributed by atoms with Crippen molar-refractivity contribution >= 4 is 34.7 Å². The summed E-state index contributed by atoms with van der Waals surface area (Å²) in [6.45, 7) is 0.